The zero-order chi connectivity index (χ0) is 31.8. The summed E-state index contributed by atoms with van der Waals surface area (Å²) in [6, 6.07) is 31.7. The van der Waals surface area contributed by atoms with E-state index in [4.69, 9.17) is 16.3 Å². The van der Waals surface area contributed by atoms with Gasteiger partial charge in [0, 0.05) is 30.6 Å². The standard InChI is InChI=1S/C36H34ClF3N2O3.ClH/c37-35-28(15-9-16-31(35)36(38,39)40)23-41(24-30(26-11-3-1-4-12-26)27-13-5-2-6-14-27)20-7-8-22-45-33-18-10-17-32-29(33)19-21-42(32)25-34(43)44;/h1-6,9-19,21,30H,7-8,20,22-25H2,(H,43,44);1H. The summed E-state index contributed by atoms with van der Waals surface area (Å²) in [5.74, 6) is -0.241. The third-order valence-corrected chi connectivity index (χ3v) is 8.27. The largest absolute Gasteiger partial charge is 0.493 e. The average molecular weight is 672 g/mol. The van der Waals surface area contributed by atoms with Crippen LogP contribution in [-0.4, -0.2) is 40.2 Å². The second kappa shape index (κ2) is 16.0. The summed E-state index contributed by atoms with van der Waals surface area (Å²) >= 11 is 6.34. The maximum atomic E-state index is 13.7. The van der Waals surface area contributed by atoms with Crippen molar-refractivity contribution in [2.75, 3.05) is 19.7 Å². The first kappa shape index (κ1) is 34.9. The van der Waals surface area contributed by atoms with E-state index in [9.17, 15) is 23.1 Å². The van der Waals surface area contributed by atoms with E-state index in [-0.39, 0.29) is 36.4 Å². The van der Waals surface area contributed by atoms with Crippen molar-refractivity contribution in [3.05, 3.63) is 137 Å². The van der Waals surface area contributed by atoms with Gasteiger partial charge in [0.2, 0.25) is 0 Å². The number of carboxylic acid groups (broad SMARTS) is 1. The van der Waals surface area contributed by atoms with Gasteiger partial charge in [0.1, 0.15) is 12.3 Å². The van der Waals surface area contributed by atoms with Crippen LogP contribution >= 0.6 is 24.0 Å². The highest BCUT2D eigenvalue weighted by Crippen LogP contribution is 2.37. The second-order valence-electron chi connectivity index (χ2n) is 11.0. The molecule has 0 aliphatic rings. The fraction of sp³-hybridized carbons (Fsp3) is 0.250. The van der Waals surface area contributed by atoms with Gasteiger partial charge < -0.3 is 14.4 Å². The van der Waals surface area contributed by atoms with Gasteiger partial charge in [0.25, 0.3) is 0 Å². The van der Waals surface area contributed by atoms with Gasteiger partial charge in [-0.2, -0.15) is 13.2 Å². The lowest BCUT2D eigenvalue weighted by atomic mass is 9.90. The molecule has 0 saturated heterocycles. The first-order chi connectivity index (χ1) is 21.7. The minimum atomic E-state index is -4.54. The molecule has 5 nitrogen and oxygen atoms in total. The molecule has 46 heavy (non-hydrogen) atoms. The normalized spacial score (nSPS) is 11.6. The average Bonchev–Trinajstić information content (AvgIpc) is 3.43. The van der Waals surface area contributed by atoms with Gasteiger partial charge in [0.05, 0.1) is 22.7 Å². The van der Waals surface area contributed by atoms with Crippen molar-refractivity contribution in [2.45, 2.75) is 38.0 Å². The zero-order valence-corrected chi connectivity index (χ0v) is 26.6. The van der Waals surface area contributed by atoms with Crippen LogP contribution in [0.1, 0.15) is 41.0 Å². The number of hydrogen-bond donors (Lipinski definition) is 1. The molecule has 5 aromatic rings. The summed E-state index contributed by atoms with van der Waals surface area (Å²) in [6.45, 7) is 1.76. The lowest BCUT2D eigenvalue weighted by Gasteiger charge is -2.29. The van der Waals surface area contributed by atoms with Gasteiger partial charge >= 0.3 is 12.1 Å². The zero-order valence-electron chi connectivity index (χ0n) is 25.0. The topological polar surface area (TPSA) is 54.7 Å². The Balaban J connectivity index is 0.00000480. The number of carbonyl (C=O) groups is 1. The van der Waals surface area contributed by atoms with Crippen LogP contribution in [-0.2, 0) is 24.1 Å². The number of halogens is 5. The van der Waals surface area contributed by atoms with E-state index in [1.807, 2.05) is 60.7 Å². The molecular weight excluding hydrogens is 636 g/mol. The summed E-state index contributed by atoms with van der Waals surface area (Å²) < 4.78 is 48.8. The molecule has 0 bridgehead atoms. The Morgan fingerprint density at radius 1 is 0.870 bits per heavy atom. The molecule has 0 radical (unpaired) electrons. The first-order valence-electron chi connectivity index (χ1n) is 14.8. The minimum Gasteiger partial charge on any atom is -0.493 e. The van der Waals surface area contributed by atoms with Crippen molar-refractivity contribution in [3.8, 4) is 5.75 Å². The highest BCUT2D eigenvalue weighted by Gasteiger charge is 2.34. The predicted octanol–water partition coefficient (Wildman–Crippen LogP) is 9.31. The maximum Gasteiger partial charge on any atom is 0.417 e. The van der Waals surface area contributed by atoms with E-state index >= 15 is 0 Å². The van der Waals surface area contributed by atoms with Crippen molar-refractivity contribution in [2.24, 2.45) is 0 Å². The van der Waals surface area contributed by atoms with Crippen LogP contribution in [0.25, 0.3) is 10.9 Å². The fourth-order valence-corrected chi connectivity index (χ4v) is 5.95. The van der Waals surface area contributed by atoms with Crippen LogP contribution in [0, 0.1) is 0 Å². The molecule has 0 spiro atoms. The van der Waals surface area contributed by atoms with E-state index in [2.05, 4.69) is 29.2 Å². The molecule has 1 heterocycles. The quantitative estimate of drug-likeness (QED) is 0.120. The van der Waals surface area contributed by atoms with Gasteiger partial charge in [-0.15, -0.1) is 12.4 Å². The summed E-state index contributed by atoms with van der Waals surface area (Å²) in [7, 11) is 0. The Hall–Kier alpha value is -3.98. The van der Waals surface area contributed by atoms with Crippen LogP contribution in [0.15, 0.2) is 109 Å². The number of ether oxygens (including phenoxy) is 1. The van der Waals surface area contributed by atoms with E-state index in [0.29, 0.717) is 37.4 Å². The highest BCUT2D eigenvalue weighted by atomic mass is 35.5. The number of benzene rings is 4. The molecule has 0 fully saturated rings. The maximum absolute atomic E-state index is 13.7. The van der Waals surface area contributed by atoms with Crippen LogP contribution in [0.5, 0.6) is 5.75 Å². The van der Waals surface area contributed by atoms with Crippen LogP contribution < -0.4 is 4.74 Å². The van der Waals surface area contributed by atoms with Crippen LogP contribution in [0.4, 0.5) is 13.2 Å². The lowest BCUT2D eigenvalue weighted by Crippen LogP contribution is -2.30. The Bertz CT molecular complexity index is 1670. The number of nitrogens with zero attached hydrogens (tertiary/aromatic N) is 2. The summed E-state index contributed by atoms with van der Waals surface area (Å²) in [5.41, 5.74) is 2.63. The molecule has 0 unspecified atom stereocenters. The van der Waals surface area contributed by atoms with E-state index < -0.39 is 17.7 Å². The molecule has 0 atom stereocenters. The monoisotopic (exact) mass is 670 g/mol. The molecule has 5 rings (SSSR count). The summed E-state index contributed by atoms with van der Waals surface area (Å²) in [6.07, 6.45) is -1.36. The number of alkyl halides is 3. The second-order valence-corrected chi connectivity index (χ2v) is 11.3. The third-order valence-electron chi connectivity index (χ3n) is 7.83. The molecule has 1 N–H and O–H groups in total. The van der Waals surface area contributed by atoms with Gasteiger partial charge in [-0.05, 0) is 60.3 Å². The molecule has 0 aliphatic heterocycles. The molecule has 0 aliphatic carbocycles. The van der Waals surface area contributed by atoms with Crippen LogP contribution in [0.3, 0.4) is 0 Å². The van der Waals surface area contributed by atoms with Gasteiger partial charge in [-0.1, -0.05) is 90.5 Å². The number of carboxylic acids is 1. The molecule has 1 aromatic heterocycles. The smallest absolute Gasteiger partial charge is 0.417 e. The molecule has 10 heteroatoms. The molecular formula is C36H35Cl2F3N2O3. The number of aromatic nitrogens is 1. The minimum absolute atomic E-state index is 0. The Labute approximate surface area is 277 Å². The molecule has 0 amide bonds. The van der Waals surface area contributed by atoms with Crippen molar-refractivity contribution in [3.63, 3.8) is 0 Å². The van der Waals surface area contributed by atoms with E-state index in [1.54, 1.807) is 16.8 Å². The lowest BCUT2D eigenvalue weighted by molar-refractivity contribution is -0.138. The van der Waals surface area contributed by atoms with E-state index in [1.165, 1.54) is 6.07 Å². The Kier molecular flexibility index (Phi) is 12.2. The van der Waals surface area contributed by atoms with Crippen molar-refractivity contribution in [1.82, 2.24) is 9.47 Å². The molecule has 0 saturated carbocycles. The predicted molar refractivity (Wildman–Crippen MR) is 178 cm³/mol. The Morgan fingerprint density at radius 2 is 1.52 bits per heavy atom. The van der Waals surface area contributed by atoms with Crippen molar-refractivity contribution in [1.29, 1.82) is 0 Å². The van der Waals surface area contributed by atoms with Crippen LogP contribution in [0.2, 0.25) is 5.02 Å². The summed E-state index contributed by atoms with van der Waals surface area (Å²) in [4.78, 5) is 13.4. The number of hydrogen-bond acceptors (Lipinski definition) is 3. The highest BCUT2D eigenvalue weighted by molar-refractivity contribution is 6.32. The first-order valence-corrected chi connectivity index (χ1v) is 15.2. The number of unbranched alkanes of at least 4 members (excludes halogenated alkanes) is 1. The number of rotatable bonds is 14. The Morgan fingerprint density at radius 3 is 2.15 bits per heavy atom. The SMILES string of the molecule is Cl.O=C(O)Cn1ccc2c(OCCCCN(Cc3cccc(C(F)(F)F)c3Cl)CC(c3ccccc3)c3ccccc3)cccc21. The van der Waals surface area contributed by atoms with Gasteiger partial charge in [-0.3, -0.25) is 9.69 Å². The summed E-state index contributed by atoms with van der Waals surface area (Å²) in [5, 5.41) is 9.76. The number of fused-ring (bicyclic) bond motifs is 1. The van der Waals surface area contributed by atoms with E-state index in [0.717, 1.165) is 34.5 Å². The van der Waals surface area contributed by atoms with Gasteiger partial charge in [0.15, 0.2) is 0 Å². The van der Waals surface area contributed by atoms with Crippen molar-refractivity contribution >= 4 is 40.9 Å². The molecule has 242 valence electrons. The van der Waals surface area contributed by atoms with Crippen molar-refractivity contribution < 1.29 is 27.8 Å². The number of aliphatic carboxylic acids is 1. The fourth-order valence-electron chi connectivity index (χ4n) is 5.65. The molecule has 4 aromatic carbocycles. The van der Waals surface area contributed by atoms with Gasteiger partial charge in [-0.25, -0.2) is 0 Å². The third kappa shape index (κ3) is 8.84.